The molecule has 0 spiro atoms. The largest absolute Gasteiger partial charge is 0.399 e. The van der Waals surface area contributed by atoms with Crippen LogP contribution in [0.15, 0.2) is 54.9 Å². The van der Waals surface area contributed by atoms with Gasteiger partial charge in [-0.15, -0.1) is 0 Å². The second-order valence-corrected chi connectivity index (χ2v) is 3.86. The predicted octanol–water partition coefficient (Wildman–Crippen LogP) is 2.88. The van der Waals surface area contributed by atoms with E-state index in [0.29, 0.717) is 5.69 Å². The number of rotatable bonds is 1. The van der Waals surface area contributed by atoms with E-state index >= 15 is 0 Å². The lowest BCUT2D eigenvalue weighted by Crippen LogP contribution is -1.90. The first-order chi connectivity index (χ1) is 8.34. The van der Waals surface area contributed by atoms with E-state index in [9.17, 15) is 0 Å². The molecule has 0 saturated carbocycles. The lowest BCUT2D eigenvalue weighted by atomic mass is 10.1. The Labute approximate surface area is 98.9 Å². The van der Waals surface area contributed by atoms with Crippen molar-refractivity contribution in [1.29, 1.82) is 0 Å². The van der Waals surface area contributed by atoms with Crippen molar-refractivity contribution < 1.29 is 0 Å². The molecule has 3 nitrogen and oxygen atoms in total. The van der Waals surface area contributed by atoms with E-state index in [0.717, 1.165) is 22.2 Å². The van der Waals surface area contributed by atoms with Crippen molar-refractivity contribution in [3.63, 3.8) is 0 Å². The van der Waals surface area contributed by atoms with Crippen LogP contribution in [0.4, 0.5) is 5.69 Å². The maximum atomic E-state index is 5.78. The molecule has 1 aromatic carbocycles. The minimum Gasteiger partial charge on any atom is -0.399 e. The quantitative estimate of drug-likeness (QED) is 0.687. The van der Waals surface area contributed by atoms with Gasteiger partial charge >= 0.3 is 0 Å². The predicted molar refractivity (Wildman–Crippen MR) is 69.4 cm³/mol. The van der Waals surface area contributed by atoms with Gasteiger partial charge in [0.2, 0.25) is 0 Å². The first kappa shape index (κ1) is 9.78. The molecule has 0 bridgehead atoms. The van der Waals surface area contributed by atoms with Gasteiger partial charge in [0, 0.05) is 29.0 Å². The summed E-state index contributed by atoms with van der Waals surface area (Å²) in [6.45, 7) is 0. The number of aromatic nitrogens is 2. The summed E-state index contributed by atoms with van der Waals surface area (Å²) >= 11 is 0. The van der Waals surface area contributed by atoms with Crippen molar-refractivity contribution in [2.24, 2.45) is 0 Å². The van der Waals surface area contributed by atoms with Crippen molar-refractivity contribution in [2.75, 3.05) is 5.73 Å². The van der Waals surface area contributed by atoms with Gasteiger partial charge in [-0.1, -0.05) is 24.3 Å². The van der Waals surface area contributed by atoms with Crippen molar-refractivity contribution in [2.45, 2.75) is 0 Å². The number of anilines is 1. The molecule has 0 aliphatic carbocycles. The van der Waals surface area contributed by atoms with Crippen molar-refractivity contribution in [1.82, 2.24) is 9.97 Å². The first-order valence-electron chi connectivity index (χ1n) is 5.40. The third-order valence-corrected chi connectivity index (χ3v) is 2.69. The summed E-state index contributed by atoms with van der Waals surface area (Å²) in [5, 5.41) is 1.11. The molecule has 3 aromatic rings. The van der Waals surface area contributed by atoms with Crippen LogP contribution >= 0.6 is 0 Å². The Balaban J connectivity index is 2.30. The van der Waals surface area contributed by atoms with E-state index in [1.54, 1.807) is 18.5 Å². The molecule has 3 rings (SSSR count). The Kier molecular flexibility index (Phi) is 2.22. The Morgan fingerprint density at radius 3 is 2.65 bits per heavy atom. The number of benzene rings is 1. The Morgan fingerprint density at radius 1 is 0.882 bits per heavy atom. The summed E-state index contributed by atoms with van der Waals surface area (Å²) in [7, 11) is 0. The van der Waals surface area contributed by atoms with Gasteiger partial charge in [-0.2, -0.15) is 0 Å². The van der Waals surface area contributed by atoms with E-state index in [2.05, 4.69) is 9.97 Å². The van der Waals surface area contributed by atoms with Crippen molar-refractivity contribution in [3.05, 3.63) is 54.9 Å². The number of nitrogens with zero attached hydrogens (tertiary/aromatic N) is 2. The molecule has 0 unspecified atom stereocenters. The van der Waals surface area contributed by atoms with Crippen LogP contribution in [0.5, 0.6) is 0 Å². The minimum absolute atomic E-state index is 0.711. The Hall–Kier alpha value is -2.42. The normalized spacial score (nSPS) is 10.6. The number of fused-ring (bicyclic) bond motifs is 1. The van der Waals surface area contributed by atoms with Gasteiger partial charge in [0.25, 0.3) is 0 Å². The van der Waals surface area contributed by atoms with Gasteiger partial charge in [0.1, 0.15) is 0 Å². The first-order valence-corrected chi connectivity index (χ1v) is 5.40. The zero-order valence-corrected chi connectivity index (χ0v) is 9.17. The second kappa shape index (κ2) is 3.87. The molecule has 0 saturated heterocycles. The Morgan fingerprint density at radius 2 is 1.76 bits per heavy atom. The van der Waals surface area contributed by atoms with Gasteiger partial charge in [0.15, 0.2) is 0 Å². The van der Waals surface area contributed by atoms with Gasteiger partial charge in [-0.3, -0.25) is 9.97 Å². The summed E-state index contributed by atoms with van der Waals surface area (Å²) in [5.41, 5.74) is 9.31. The highest BCUT2D eigenvalue weighted by Gasteiger charge is 2.05. The summed E-state index contributed by atoms with van der Waals surface area (Å²) in [4.78, 5) is 8.75. The molecule has 0 aliphatic rings. The third-order valence-electron chi connectivity index (χ3n) is 2.69. The molecule has 2 N–H and O–H groups in total. The minimum atomic E-state index is 0.711. The molecule has 0 radical (unpaired) electrons. The molecule has 0 atom stereocenters. The lowest BCUT2D eigenvalue weighted by Gasteiger charge is -2.05. The van der Waals surface area contributed by atoms with Crippen LogP contribution in [0.1, 0.15) is 0 Å². The number of pyridine rings is 2. The fourth-order valence-corrected chi connectivity index (χ4v) is 1.91. The maximum absolute atomic E-state index is 5.78. The third kappa shape index (κ3) is 1.72. The second-order valence-electron chi connectivity index (χ2n) is 3.86. The summed E-state index contributed by atoms with van der Waals surface area (Å²) < 4.78 is 0. The summed E-state index contributed by atoms with van der Waals surface area (Å²) in [6.07, 6.45) is 3.50. The van der Waals surface area contributed by atoms with Gasteiger partial charge in [-0.25, -0.2) is 0 Å². The number of hydrogen-bond acceptors (Lipinski definition) is 3. The topological polar surface area (TPSA) is 51.8 Å². The monoisotopic (exact) mass is 221 g/mol. The zero-order valence-electron chi connectivity index (χ0n) is 9.17. The van der Waals surface area contributed by atoms with Crippen LogP contribution in [0.2, 0.25) is 0 Å². The van der Waals surface area contributed by atoms with E-state index in [1.807, 2.05) is 36.4 Å². The van der Waals surface area contributed by atoms with Crippen molar-refractivity contribution in [3.8, 4) is 11.3 Å². The highest BCUT2D eigenvalue weighted by molar-refractivity contribution is 5.92. The van der Waals surface area contributed by atoms with Crippen LogP contribution in [-0.4, -0.2) is 9.97 Å². The number of para-hydroxylation sites is 1. The van der Waals surface area contributed by atoms with Crippen LogP contribution in [-0.2, 0) is 0 Å². The van der Waals surface area contributed by atoms with Gasteiger partial charge in [-0.05, 0) is 18.2 Å². The van der Waals surface area contributed by atoms with E-state index in [1.165, 1.54) is 0 Å². The molecule has 0 aliphatic heterocycles. The van der Waals surface area contributed by atoms with Gasteiger partial charge < -0.3 is 5.73 Å². The van der Waals surface area contributed by atoms with Gasteiger partial charge in [0.05, 0.1) is 11.2 Å². The maximum Gasteiger partial charge on any atom is 0.0795 e. The number of nitrogens with two attached hydrogens (primary N) is 1. The highest BCUT2D eigenvalue weighted by atomic mass is 14.7. The van der Waals surface area contributed by atoms with E-state index in [-0.39, 0.29) is 0 Å². The average molecular weight is 221 g/mol. The molecule has 0 fully saturated rings. The molecule has 2 aromatic heterocycles. The molecule has 82 valence electrons. The molecule has 2 heterocycles. The number of hydrogen-bond donors (Lipinski definition) is 1. The summed E-state index contributed by atoms with van der Waals surface area (Å²) in [5.74, 6) is 0. The van der Waals surface area contributed by atoms with E-state index < -0.39 is 0 Å². The summed E-state index contributed by atoms with van der Waals surface area (Å²) in [6, 6.07) is 13.7. The molecule has 17 heavy (non-hydrogen) atoms. The van der Waals surface area contributed by atoms with Crippen LogP contribution in [0.25, 0.3) is 22.2 Å². The van der Waals surface area contributed by atoms with Crippen LogP contribution in [0, 0.1) is 0 Å². The lowest BCUT2D eigenvalue weighted by molar-refractivity contribution is 1.32. The van der Waals surface area contributed by atoms with E-state index in [4.69, 9.17) is 5.73 Å². The zero-order chi connectivity index (χ0) is 11.7. The fourth-order valence-electron chi connectivity index (χ4n) is 1.91. The fraction of sp³-hybridized carbons (Fsp3) is 0. The SMILES string of the molecule is Nc1ccnc(-c2cccc3cccnc23)c1. The Bertz CT molecular complexity index is 672. The molecular formula is C14H11N3. The number of nitrogen functional groups attached to an aromatic ring is 1. The van der Waals surface area contributed by atoms with Crippen LogP contribution in [0.3, 0.4) is 0 Å². The van der Waals surface area contributed by atoms with Crippen LogP contribution < -0.4 is 5.73 Å². The molecular weight excluding hydrogens is 210 g/mol. The highest BCUT2D eigenvalue weighted by Crippen LogP contribution is 2.26. The molecule has 3 heteroatoms. The smallest absolute Gasteiger partial charge is 0.0795 e. The molecule has 0 amide bonds. The average Bonchev–Trinajstić information content (AvgIpc) is 2.38. The standard InChI is InChI=1S/C14H11N3/c15-11-6-8-16-13(9-11)12-5-1-3-10-4-2-7-17-14(10)12/h1-9H,(H2,15,16). The van der Waals surface area contributed by atoms with Crippen molar-refractivity contribution >= 4 is 16.6 Å².